The summed E-state index contributed by atoms with van der Waals surface area (Å²) >= 11 is 3.74. The second-order valence-electron chi connectivity index (χ2n) is 7.98. The maximum Gasteiger partial charge on any atom is 0.0541 e. The summed E-state index contributed by atoms with van der Waals surface area (Å²) in [5.74, 6) is 0. The zero-order valence-electron chi connectivity index (χ0n) is 17.4. The van der Waals surface area contributed by atoms with E-state index in [2.05, 4.69) is 142 Å². The number of rotatable bonds is 3. The Hall–Kier alpha value is -3.62. The Kier molecular flexibility index (Phi) is 4.66. The van der Waals surface area contributed by atoms with Gasteiger partial charge in [-0.05, 0) is 64.7 Å². The molecule has 0 aliphatic carbocycles. The van der Waals surface area contributed by atoms with Crippen molar-refractivity contribution < 1.29 is 0 Å². The highest BCUT2D eigenvalue weighted by molar-refractivity contribution is 9.10. The minimum atomic E-state index is 1.11. The maximum absolute atomic E-state index is 3.74. The van der Waals surface area contributed by atoms with E-state index in [9.17, 15) is 0 Å². The summed E-state index contributed by atoms with van der Waals surface area (Å²) in [7, 11) is 0. The van der Waals surface area contributed by atoms with Crippen LogP contribution in [0.1, 0.15) is 0 Å². The van der Waals surface area contributed by atoms with Gasteiger partial charge in [-0.1, -0.05) is 94.8 Å². The van der Waals surface area contributed by atoms with Crippen LogP contribution in [0.3, 0.4) is 0 Å². The Balaban J connectivity index is 1.57. The summed E-state index contributed by atoms with van der Waals surface area (Å²) in [6.45, 7) is 0. The highest BCUT2D eigenvalue weighted by Crippen LogP contribution is 2.37. The van der Waals surface area contributed by atoms with Gasteiger partial charge < -0.3 is 4.57 Å². The molecular formula is C30H20BrN. The molecule has 0 N–H and O–H groups in total. The highest BCUT2D eigenvalue weighted by atomic mass is 79.9. The number of benzene rings is 5. The molecule has 5 aromatic carbocycles. The van der Waals surface area contributed by atoms with Gasteiger partial charge in [0.2, 0.25) is 0 Å². The Morgan fingerprint density at radius 2 is 1.09 bits per heavy atom. The summed E-state index contributed by atoms with van der Waals surface area (Å²) in [4.78, 5) is 0. The number of nitrogens with zero attached hydrogens (tertiary/aromatic N) is 1. The first-order chi connectivity index (χ1) is 15.8. The number of halogens is 1. The lowest BCUT2D eigenvalue weighted by Crippen LogP contribution is -1.92. The number of hydrogen-bond acceptors (Lipinski definition) is 0. The lowest BCUT2D eigenvalue weighted by molar-refractivity contribution is 1.18. The summed E-state index contributed by atoms with van der Waals surface area (Å²) in [5.41, 5.74) is 8.48. The van der Waals surface area contributed by atoms with E-state index in [1.165, 1.54) is 49.7 Å². The van der Waals surface area contributed by atoms with Crippen molar-refractivity contribution in [2.75, 3.05) is 0 Å². The molecule has 32 heavy (non-hydrogen) atoms. The van der Waals surface area contributed by atoms with Gasteiger partial charge in [-0.2, -0.15) is 0 Å². The van der Waals surface area contributed by atoms with Gasteiger partial charge >= 0.3 is 0 Å². The van der Waals surface area contributed by atoms with Crippen molar-refractivity contribution in [2.45, 2.75) is 0 Å². The average molecular weight is 474 g/mol. The van der Waals surface area contributed by atoms with Crippen molar-refractivity contribution in [1.29, 1.82) is 0 Å². The molecule has 0 aliphatic rings. The van der Waals surface area contributed by atoms with Crippen molar-refractivity contribution in [3.8, 4) is 27.9 Å². The lowest BCUT2D eigenvalue weighted by atomic mass is 9.98. The largest absolute Gasteiger partial charge is 0.309 e. The molecule has 0 aliphatic heterocycles. The van der Waals surface area contributed by atoms with Gasteiger partial charge in [-0.15, -0.1) is 0 Å². The first kappa shape index (κ1) is 19.1. The topological polar surface area (TPSA) is 4.93 Å². The second kappa shape index (κ2) is 7.81. The zero-order chi connectivity index (χ0) is 21.5. The van der Waals surface area contributed by atoms with Crippen LogP contribution in [0, 0.1) is 0 Å². The fourth-order valence-electron chi connectivity index (χ4n) is 4.55. The van der Waals surface area contributed by atoms with Gasteiger partial charge in [0.25, 0.3) is 0 Å². The van der Waals surface area contributed by atoms with Gasteiger partial charge in [-0.3, -0.25) is 0 Å². The van der Waals surface area contributed by atoms with E-state index in [1.54, 1.807) is 0 Å². The Morgan fingerprint density at radius 3 is 1.91 bits per heavy atom. The third-order valence-corrected chi connectivity index (χ3v) is 6.76. The molecule has 0 amide bonds. The molecule has 1 nitrogen and oxygen atoms in total. The Morgan fingerprint density at radius 1 is 0.469 bits per heavy atom. The Labute approximate surface area is 195 Å². The maximum atomic E-state index is 3.74. The van der Waals surface area contributed by atoms with E-state index in [-0.39, 0.29) is 0 Å². The molecule has 0 bridgehead atoms. The lowest BCUT2D eigenvalue weighted by Gasteiger charge is -2.10. The summed E-state index contributed by atoms with van der Waals surface area (Å²) in [6.07, 6.45) is 0. The number of para-hydroxylation sites is 2. The molecule has 0 radical (unpaired) electrons. The molecule has 0 fully saturated rings. The molecule has 2 heteroatoms. The van der Waals surface area contributed by atoms with Gasteiger partial charge in [0, 0.05) is 20.9 Å². The summed E-state index contributed by atoms with van der Waals surface area (Å²) < 4.78 is 3.46. The van der Waals surface area contributed by atoms with Crippen LogP contribution in [-0.4, -0.2) is 4.57 Å². The highest BCUT2D eigenvalue weighted by Gasteiger charge is 2.13. The minimum Gasteiger partial charge on any atom is -0.309 e. The van der Waals surface area contributed by atoms with E-state index < -0.39 is 0 Å². The number of aromatic nitrogens is 1. The third kappa shape index (κ3) is 3.16. The molecule has 0 unspecified atom stereocenters. The van der Waals surface area contributed by atoms with Crippen LogP contribution in [0.4, 0.5) is 0 Å². The van der Waals surface area contributed by atoms with Crippen molar-refractivity contribution in [3.63, 3.8) is 0 Å². The van der Waals surface area contributed by atoms with Crippen molar-refractivity contribution in [3.05, 3.63) is 126 Å². The van der Waals surface area contributed by atoms with E-state index in [4.69, 9.17) is 0 Å². The quantitative estimate of drug-likeness (QED) is 0.241. The Bertz CT molecular complexity index is 1560. The van der Waals surface area contributed by atoms with Crippen LogP contribution in [0.2, 0.25) is 0 Å². The molecule has 152 valence electrons. The van der Waals surface area contributed by atoms with Crippen LogP contribution >= 0.6 is 15.9 Å². The molecule has 1 aromatic heterocycles. The number of fused-ring (bicyclic) bond motifs is 3. The normalized spacial score (nSPS) is 11.3. The predicted octanol–water partition coefficient (Wildman–Crippen LogP) is 8.88. The van der Waals surface area contributed by atoms with E-state index >= 15 is 0 Å². The van der Waals surface area contributed by atoms with Crippen LogP contribution in [0.25, 0.3) is 49.7 Å². The standard InChI is InChI=1S/C30H20BrN/c31-28-17-15-22(19-26(28)21-9-3-1-4-10-21)23-16-18-30-27(20-23)25-13-7-8-14-29(25)32(30)24-11-5-2-6-12-24/h1-20H. The van der Waals surface area contributed by atoms with E-state index in [1.807, 2.05) is 0 Å². The predicted molar refractivity (Wildman–Crippen MR) is 139 cm³/mol. The van der Waals surface area contributed by atoms with Gasteiger partial charge in [0.1, 0.15) is 0 Å². The average Bonchev–Trinajstić information content (AvgIpc) is 3.19. The van der Waals surface area contributed by atoms with E-state index in [0.29, 0.717) is 0 Å². The first-order valence-electron chi connectivity index (χ1n) is 10.7. The van der Waals surface area contributed by atoms with Crippen molar-refractivity contribution >= 4 is 37.7 Å². The first-order valence-corrected chi connectivity index (χ1v) is 11.5. The van der Waals surface area contributed by atoms with Crippen LogP contribution < -0.4 is 0 Å². The molecular weight excluding hydrogens is 454 g/mol. The molecule has 0 saturated carbocycles. The van der Waals surface area contributed by atoms with Crippen LogP contribution in [0.5, 0.6) is 0 Å². The molecule has 6 aromatic rings. The fourth-order valence-corrected chi connectivity index (χ4v) is 5.03. The summed E-state index contributed by atoms with van der Waals surface area (Å²) in [5, 5.41) is 2.54. The number of hydrogen-bond donors (Lipinski definition) is 0. The smallest absolute Gasteiger partial charge is 0.0541 e. The van der Waals surface area contributed by atoms with Gasteiger partial charge in [-0.25, -0.2) is 0 Å². The molecule has 0 saturated heterocycles. The zero-order valence-corrected chi connectivity index (χ0v) is 19.0. The molecule has 0 spiro atoms. The monoisotopic (exact) mass is 473 g/mol. The molecule has 1 heterocycles. The third-order valence-electron chi connectivity index (χ3n) is 6.07. The van der Waals surface area contributed by atoms with Crippen LogP contribution in [0.15, 0.2) is 126 Å². The second-order valence-corrected chi connectivity index (χ2v) is 8.84. The fraction of sp³-hybridized carbons (Fsp3) is 0. The minimum absolute atomic E-state index is 1.11. The van der Waals surface area contributed by atoms with Crippen LogP contribution in [-0.2, 0) is 0 Å². The molecule has 6 rings (SSSR count). The van der Waals surface area contributed by atoms with Crippen molar-refractivity contribution in [1.82, 2.24) is 4.57 Å². The molecule has 0 atom stereocenters. The van der Waals surface area contributed by atoms with E-state index in [0.717, 1.165) is 4.47 Å². The van der Waals surface area contributed by atoms with Gasteiger partial charge in [0.05, 0.1) is 11.0 Å². The summed E-state index contributed by atoms with van der Waals surface area (Å²) in [6, 6.07) is 43.2. The van der Waals surface area contributed by atoms with Gasteiger partial charge in [0.15, 0.2) is 0 Å². The SMILES string of the molecule is Brc1ccc(-c2ccc3c(c2)c2ccccc2n3-c2ccccc2)cc1-c1ccccc1. The van der Waals surface area contributed by atoms with Crippen molar-refractivity contribution in [2.24, 2.45) is 0 Å².